The van der Waals surface area contributed by atoms with Crippen LogP contribution in [0.3, 0.4) is 0 Å². The number of hydrogen-bond acceptors (Lipinski definition) is 6. The lowest BCUT2D eigenvalue weighted by Gasteiger charge is -2.28. The number of likely N-dealkylation sites (tertiary alicyclic amines) is 1. The van der Waals surface area contributed by atoms with E-state index in [0.717, 1.165) is 25.2 Å². The molecule has 0 N–H and O–H groups in total. The van der Waals surface area contributed by atoms with Crippen LogP contribution in [-0.4, -0.2) is 71.3 Å². The number of likely N-dealkylation sites (N-methyl/N-ethyl adjacent to an activating group) is 1. The first-order valence-corrected chi connectivity index (χ1v) is 14.3. The van der Waals surface area contributed by atoms with E-state index >= 15 is 0 Å². The van der Waals surface area contributed by atoms with Crippen LogP contribution in [0, 0.1) is 22.7 Å². The predicted octanol–water partition coefficient (Wildman–Crippen LogP) is 5.52. The first-order valence-electron chi connectivity index (χ1n) is 13.5. The highest BCUT2D eigenvalue weighted by Gasteiger charge is 2.29. The van der Waals surface area contributed by atoms with Gasteiger partial charge in [0.25, 0.3) is 5.91 Å². The molecule has 204 valence electrons. The Bertz CT molecular complexity index is 1240. The highest BCUT2D eigenvalue weighted by molar-refractivity contribution is 6.34. The van der Waals surface area contributed by atoms with Gasteiger partial charge in [-0.3, -0.25) is 9.69 Å². The highest BCUT2D eigenvalue weighted by atomic mass is 35.5. The van der Waals surface area contributed by atoms with Crippen molar-refractivity contribution in [1.29, 1.82) is 10.5 Å². The van der Waals surface area contributed by atoms with Crippen LogP contribution in [0.1, 0.15) is 47.7 Å². The van der Waals surface area contributed by atoms with Gasteiger partial charge in [-0.2, -0.15) is 10.5 Å². The molecule has 2 saturated heterocycles. The number of halogens is 2. The van der Waals surface area contributed by atoms with Gasteiger partial charge in [0, 0.05) is 61.4 Å². The fraction of sp³-hybridized carbons (Fsp3) is 0.433. The number of hydrogen-bond donors (Lipinski definition) is 0. The number of carbonyl (C=O) groups excluding carboxylic acids is 1. The van der Waals surface area contributed by atoms with Crippen LogP contribution in [0.5, 0.6) is 0 Å². The third-order valence-corrected chi connectivity index (χ3v) is 7.78. The summed E-state index contributed by atoms with van der Waals surface area (Å²) < 4.78 is 0. The van der Waals surface area contributed by atoms with Crippen molar-refractivity contribution in [2.45, 2.75) is 39.3 Å². The molecule has 0 aromatic heterocycles. The molecule has 0 unspecified atom stereocenters. The second kappa shape index (κ2) is 13.7. The third kappa shape index (κ3) is 7.46. The zero-order chi connectivity index (χ0) is 27.8. The average Bonchev–Trinajstić information content (AvgIpc) is 3.32. The third-order valence-electron chi connectivity index (χ3n) is 7.35. The molecule has 39 heavy (non-hydrogen) atoms. The van der Waals surface area contributed by atoms with Crippen molar-refractivity contribution in [3.63, 3.8) is 0 Å². The summed E-state index contributed by atoms with van der Waals surface area (Å²) in [4.78, 5) is 21.6. The largest absolute Gasteiger partial charge is 0.353 e. The number of rotatable bonds is 9. The molecule has 0 bridgehead atoms. The maximum absolute atomic E-state index is 13.3. The van der Waals surface area contributed by atoms with E-state index in [2.05, 4.69) is 17.0 Å². The lowest BCUT2D eigenvalue weighted by molar-refractivity contribution is 0.0752. The van der Waals surface area contributed by atoms with E-state index in [1.54, 1.807) is 6.07 Å². The molecule has 2 aromatic rings. The molecule has 2 aromatic carbocycles. The van der Waals surface area contributed by atoms with E-state index in [-0.39, 0.29) is 11.5 Å². The minimum Gasteiger partial charge on any atom is -0.353 e. The Morgan fingerprint density at radius 2 is 1.51 bits per heavy atom. The summed E-state index contributed by atoms with van der Waals surface area (Å²) in [7, 11) is 0. The van der Waals surface area contributed by atoms with Crippen LogP contribution in [0.15, 0.2) is 53.9 Å². The first kappa shape index (κ1) is 28.8. The Morgan fingerprint density at radius 3 is 2.13 bits per heavy atom. The van der Waals surface area contributed by atoms with E-state index < -0.39 is 0 Å². The number of piperidine rings is 1. The maximum Gasteiger partial charge on any atom is 0.253 e. The van der Waals surface area contributed by atoms with Crippen LogP contribution < -0.4 is 0 Å². The molecule has 2 aliphatic heterocycles. The van der Waals surface area contributed by atoms with E-state index in [9.17, 15) is 15.3 Å². The summed E-state index contributed by atoms with van der Waals surface area (Å²) >= 11 is 12.4. The summed E-state index contributed by atoms with van der Waals surface area (Å²) in [6.07, 6.45) is 3.83. The van der Waals surface area contributed by atoms with Crippen LogP contribution in [0.25, 0.3) is 0 Å². The van der Waals surface area contributed by atoms with Gasteiger partial charge in [-0.25, -0.2) is 0 Å². The van der Waals surface area contributed by atoms with Crippen molar-refractivity contribution in [2.75, 3.05) is 45.8 Å². The zero-order valence-electron chi connectivity index (χ0n) is 22.4. The highest BCUT2D eigenvalue weighted by Crippen LogP contribution is 2.27. The Hall–Kier alpha value is -3.23. The fourth-order valence-corrected chi connectivity index (χ4v) is 5.92. The molecule has 7 nitrogen and oxygen atoms in total. The predicted molar refractivity (Wildman–Crippen MR) is 154 cm³/mol. The van der Waals surface area contributed by atoms with Gasteiger partial charge < -0.3 is 14.7 Å². The van der Waals surface area contributed by atoms with Crippen molar-refractivity contribution < 1.29 is 4.79 Å². The number of amides is 1. The molecule has 0 spiro atoms. The Labute approximate surface area is 241 Å². The van der Waals surface area contributed by atoms with Crippen LogP contribution >= 0.6 is 23.2 Å². The monoisotopic (exact) mass is 564 g/mol. The second-order valence-electron chi connectivity index (χ2n) is 10.0. The first-order chi connectivity index (χ1) is 18.9. The molecule has 9 heteroatoms. The quantitative estimate of drug-likeness (QED) is 0.373. The number of benzene rings is 2. The number of nitrogens with zero attached hydrogens (tertiary/aromatic N) is 6. The summed E-state index contributed by atoms with van der Waals surface area (Å²) in [5.41, 5.74) is 2.85. The molecule has 2 aliphatic rings. The lowest BCUT2D eigenvalue weighted by Crippen LogP contribution is -2.38. The summed E-state index contributed by atoms with van der Waals surface area (Å²) in [6, 6.07) is 17.4. The molecule has 0 saturated carbocycles. The normalized spacial score (nSPS) is 15.7. The molecule has 2 heterocycles. The summed E-state index contributed by atoms with van der Waals surface area (Å²) in [5.74, 6) is 0.569. The van der Waals surface area contributed by atoms with E-state index in [0.29, 0.717) is 60.7 Å². The van der Waals surface area contributed by atoms with Gasteiger partial charge >= 0.3 is 0 Å². The average molecular weight is 566 g/mol. The molecule has 0 atom stereocenters. The number of nitriles is 2. The van der Waals surface area contributed by atoms with E-state index in [1.165, 1.54) is 24.8 Å². The lowest BCUT2D eigenvalue weighted by atomic mass is 10.1. The van der Waals surface area contributed by atoms with Crippen LogP contribution in [0.4, 0.5) is 0 Å². The summed E-state index contributed by atoms with van der Waals surface area (Å²) in [6.45, 7) is 8.49. The number of carbonyl (C=O) groups is 1. The van der Waals surface area contributed by atoms with Gasteiger partial charge in [-0.15, -0.1) is 0 Å². The van der Waals surface area contributed by atoms with E-state index in [4.69, 9.17) is 23.2 Å². The van der Waals surface area contributed by atoms with Crippen molar-refractivity contribution in [2.24, 2.45) is 0 Å². The number of allylic oxidation sites excluding steroid dienone is 1. The minimum atomic E-state index is -0.0158. The topological polar surface area (TPSA) is 77.6 Å². The van der Waals surface area contributed by atoms with Gasteiger partial charge in [0.15, 0.2) is 5.57 Å². The maximum atomic E-state index is 13.3. The van der Waals surface area contributed by atoms with Crippen molar-refractivity contribution in [1.82, 2.24) is 19.6 Å². The SMILES string of the molecule is CCN(CCN1CCN(Cc2cc(Cl)cc(Cl)c2)C1=C(C#N)C#N)C(=O)c1ccc(CN2CCCCC2)cc1. The van der Waals surface area contributed by atoms with Crippen molar-refractivity contribution in [3.8, 4) is 12.1 Å². The van der Waals surface area contributed by atoms with Crippen LogP contribution in [0.2, 0.25) is 10.0 Å². The van der Waals surface area contributed by atoms with Gasteiger partial charge in [-0.1, -0.05) is 41.8 Å². The van der Waals surface area contributed by atoms with Gasteiger partial charge in [0.05, 0.1) is 0 Å². The molecular weight excluding hydrogens is 531 g/mol. The standard InChI is InChI=1S/C30H34Cl2N6O/c1-2-36(30(39)25-8-6-23(7-9-25)21-35-10-4-3-5-11-35)12-13-37-14-15-38(29(37)26(19-33)20-34)22-24-16-27(31)18-28(32)17-24/h6-9,16-18H,2-5,10-15,21-22H2,1H3. The summed E-state index contributed by atoms with van der Waals surface area (Å²) in [5, 5.41) is 20.4. The zero-order valence-corrected chi connectivity index (χ0v) is 23.9. The molecule has 2 fully saturated rings. The Kier molecular flexibility index (Phi) is 10.1. The van der Waals surface area contributed by atoms with Gasteiger partial charge in [-0.05, 0) is 74.3 Å². The molecule has 1 amide bonds. The molecular formula is C30H34Cl2N6O. The molecule has 4 rings (SSSR count). The second-order valence-corrected chi connectivity index (χ2v) is 10.9. The van der Waals surface area contributed by atoms with Gasteiger partial charge in [0.2, 0.25) is 0 Å². The Morgan fingerprint density at radius 1 is 0.872 bits per heavy atom. The smallest absolute Gasteiger partial charge is 0.253 e. The Balaban J connectivity index is 1.41. The molecule has 0 radical (unpaired) electrons. The van der Waals surface area contributed by atoms with Gasteiger partial charge in [0.1, 0.15) is 18.0 Å². The van der Waals surface area contributed by atoms with Crippen LogP contribution in [-0.2, 0) is 13.1 Å². The van der Waals surface area contributed by atoms with E-state index in [1.807, 2.05) is 58.0 Å². The van der Waals surface area contributed by atoms with Crippen molar-refractivity contribution in [3.05, 3.63) is 80.6 Å². The fourth-order valence-electron chi connectivity index (χ4n) is 5.34. The van der Waals surface area contributed by atoms with Crippen molar-refractivity contribution >= 4 is 29.1 Å². The molecule has 0 aliphatic carbocycles. The minimum absolute atomic E-state index is 0.0158.